The summed E-state index contributed by atoms with van der Waals surface area (Å²) in [6.45, 7) is 0.134. The fourth-order valence-corrected chi connectivity index (χ4v) is 2.92. The number of benzene rings is 3. The molecular formula is C25H21F3N2O5. The Morgan fingerprint density at radius 3 is 2.20 bits per heavy atom. The molecule has 0 atom stereocenters. The average Bonchev–Trinajstić information content (AvgIpc) is 2.80. The highest BCUT2D eigenvalue weighted by Crippen LogP contribution is 2.23. The van der Waals surface area contributed by atoms with Gasteiger partial charge >= 0.3 is 18.3 Å². The van der Waals surface area contributed by atoms with Crippen LogP contribution in [0.3, 0.4) is 0 Å². The topological polar surface area (TPSA) is 114 Å². The quantitative estimate of drug-likeness (QED) is 0.204. The molecule has 0 fully saturated rings. The number of esters is 2. The first kappa shape index (κ1) is 25.2. The summed E-state index contributed by atoms with van der Waals surface area (Å²) in [7, 11) is 0. The summed E-state index contributed by atoms with van der Waals surface area (Å²) >= 11 is 0. The third-order valence-corrected chi connectivity index (χ3v) is 4.61. The van der Waals surface area contributed by atoms with Crippen LogP contribution in [0, 0.1) is 0 Å². The van der Waals surface area contributed by atoms with E-state index in [1.165, 1.54) is 24.3 Å². The highest BCUT2D eigenvalue weighted by atomic mass is 19.4. The monoisotopic (exact) mass is 486 g/mol. The van der Waals surface area contributed by atoms with E-state index in [9.17, 15) is 22.8 Å². The second-order valence-corrected chi connectivity index (χ2v) is 7.24. The molecule has 182 valence electrons. The molecule has 0 radical (unpaired) electrons. The number of carbonyl (C=O) groups is 2. The minimum atomic E-state index is -4.82. The van der Waals surface area contributed by atoms with Crippen molar-refractivity contribution in [2.75, 3.05) is 18.1 Å². The Balaban J connectivity index is 1.48. The lowest BCUT2D eigenvalue weighted by molar-refractivity contribution is -0.274. The van der Waals surface area contributed by atoms with E-state index in [0.29, 0.717) is 23.4 Å². The maximum Gasteiger partial charge on any atom is 0.573 e. The summed E-state index contributed by atoms with van der Waals surface area (Å²) in [6, 6.07) is 15.7. The molecular weight excluding hydrogens is 465 g/mol. The van der Waals surface area contributed by atoms with Gasteiger partial charge in [0.1, 0.15) is 11.5 Å². The standard InChI is InChI=1S/C25H21F3N2O5/c26-25(27,28)35-21-9-4-17(5-10-21)24(32)34-20-7-1-16(2-8-20)3-12-23(31)33-14-13-18-15-19(29)6-11-22(18)30/h1-12,15H,13-14,29-30H2. The zero-order valence-electron chi connectivity index (χ0n) is 18.2. The minimum Gasteiger partial charge on any atom is -0.462 e. The second kappa shape index (κ2) is 11.1. The number of halogens is 3. The molecule has 35 heavy (non-hydrogen) atoms. The maximum atomic E-state index is 12.2. The zero-order valence-corrected chi connectivity index (χ0v) is 18.2. The van der Waals surface area contributed by atoms with Crippen LogP contribution in [0.4, 0.5) is 24.5 Å². The first-order valence-electron chi connectivity index (χ1n) is 10.3. The van der Waals surface area contributed by atoms with Gasteiger partial charge in [-0.15, -0.1) is 13.2 Å². The van der Waals surface area contributed by atoms with E-state index in [2.05, 4.69) is 4.74 Å². The first-order valence-corrected chi connectivity index (χ1v) is 10.3. The maximum absolute atomic E-state index is 12.2. The number of ether oxygens (including phenoxy) is 3. The zero-order chi connectivity index (χ0) is 25.4. The van der Waals surface area contributed by atoms with Gasteiger partial charge in [-0.3, -0.25) is 0 Å². The summed E-state index contributed by atoms with van der Waals surface area (Å²) in [6.07, 6.45) is -1.61. The van der Waals surface area contributed by atoms with Crippen LogP contribution < -0.4 is 20.9 Å². The van der Waals surface area contributed by atoms with Crippen molar-refractivity contribution in [3.8, 4) is 11.5 Å². The summed E-state index contributed by atoms with van der Waals surface area (Å²) in [4.78, 5) is 24.1. The van der Waals surface area contributed by atoms with Crippen LogP contribution in [0.15, 0.2) is 72.8 Å². The molecule has 0 aliphatic rings. The minimum absolute atomic E-state index is 0.0474. The van der Waals surface area contributed by atoms with Crippen LogP contribution in [0.1, 0.15) is 21.5 Å². The predicted molar refractivity (Wildman–Crippen MR) is 123 cm³/mol. The molecule has 0 saturated heterocycles. The van der Waals surface area contributed by atoms with Gasteiger partial charge in [-0.2, -0.15) is 0 Å². The molecule has 4 N–H and O–H groups in total. The van der Waals surface area contributed by atoms with Gasteiger partial charge in [0, 0.05) is 23.9 Å². The Morgan fingerprint density at radius 1 is 0.886 bits per heavy atom. The lowest BCUT2D eigenvalue weighted by Gasteiger charge is -2.09. The summed E-state index contributed by atoms with van der Waals surface area (Å²) in [5, 5.41) is 0. The Kier molecular flexibility index (Phi) is 7.98. The fourth-order valence-electron chi connectivity index (χ4n) is 2.92. The smallest absolute Gasteiger partial charge is 0.462 e. The molecule has 0 aliphatic heterocycles. The highest BCUT2D eigenvalue weighted by molar-refractivity contribution is 5.91. The van der Waals surface area contributed by atoms with Gasteiger partial charge in [0.2, 0.25) is 0 Å². The van der Waals surface area contributed by atoms with Gasteiger partial charge in [-0.1, -0.05) is 12.1 Å². The summed E-state index contributed by atoms with van der Waals surface area (Å²) in [5.41, 5.74) is 14.2. The molecule has 0 amide bonds. The average molecular weight is 486 g/mol. The second-order valence-electron chi connectivity index (χ2n) is 7.24. The van der Waals surface area contributed by atoms with Gasteiger partial charge in [0.25, 0.3) is 0 Å². The molecule has 0 unspecified atom stereocenters. The molecule has 0 spiro atoms. The van der Waals surface area contributed by atoms with E-state index < -0.39 is 24.1 Å². The largest absolute Gasteiger partial charge is 0.573 e. The molecule has 3 aromatic carbocycles. The number of hydrogen-bond donors (Lipinski definition) is 2. The van der Waals surface area contributed by atoms with E-state index in [0.717, 1.165) is 29.8 Å². The number of nitrogen functional groups attached to an aromatic ring is 2. The molecule has 10 heteroatoms. The van der Waals surface area contributed by atoms with Crippen molar-refractivity contribution >= 4 is 29.4 Å². The van der Waals surface area contributed by atoms with E-state index in [1.807, 2.05) is 0 Å². The van der Waals surface area contributed by atoms with Crippen molar-refractivity contribution in [1.82, 2.24) is 0 Å². The lowest BCUT2D eigenvalue weighted by Crippen LogP contribution is -2.17. The van der Waals surface area contributed by atoms with E-state index in [1.54, 1.807) is 30.3 Å². The van der Waals surface area contributed by atoms with Crippen LogP contribution in [0.25, 0.3) is 6.08 Å². The third-order valence-electron chi connectivity index (χ3n) is 4.61. The summed E-state index contributed by atoms with van der Waals surface area (Å²) in [5.74, 6) is -1.53. The van der Waals surface area contributed by atoms with Crippen molar-refractivity contribution in [3.63, 3.8) is 0 Å². The fraction of sp³-hybridized carbons (Fsp3) is 0.120. The van der Waals surface area contributed by atoms with Gasteiger partial charge in [-0.05, 0) is 71.8 Å². The van der Waals surface area contributed by atoms with Crippen LogP contribution in [0.2, 0.25) is 0 Å². The lowest BCUT2D eigenvalue weighted by atomic mass is 10.1. The van der Waals surface area contributed by atoms with Crippen molar-refractivity contribution in [2.24, 2.45) is 0 Å². The number of anilines is 2. The highest BCUT2D eigenvalue weighted by Gasteiger charge is 2.31. The number of nitrogens with two attached hydrogens (primary N) is 2. The Labute approximate surface area is 198 Å². The molecule has 0 bridgehead atoms. The van der Waals surface area contributed by atoms with Gasteiger partial charge in [0.15, 0.2) is 0 Å². The van der Waals surface area contributed by atoms with Gasteiger partial charge < -0.3 is 25.7 Å². The molecule has 0 heterocycles. The third kappa shape index (κ3) is 8.11. The SMILES string of the molecule is Nc1ccc(N)c(CCOC(=O)C=Cc2ccc(OC(=O)c3ccc(OC(F)(F)F)cc3)cc2)c1. The van der Waals surface area contributed by atoms with Gasteiger partial charge in [0.05, 0.1) is 12.2 Å². The van der Waals surface area contributed by atoms with E-state index >= 15 is 0 Å². The molecule has 0 aliphatic carbocycles. The van der Waals surface area contributed by atoms with Crippen LogP contribution >= 0.6 is 0 Å². The van der Waals surface area contributed by atoms with Crippen LogP contribution in [0.5, 0.6) is 11.5 Å². The van der Waals surface area contributed by atoms with Gasteiger partial charge in [-0.25, -0.2) is 9.59 Å². The van der Waals surface area contributed by atoms with Crippen molar-refractivity contribution in [3.05, 3.63) is 89.5 Å². The van der Waals surface area contributed by atoms with E-state index in [-0.39, 0.29) is 17.9 Å². The Hall–Kier alpha value is -4.47. The van der Waals surface area contributed by atoms with Crippen molar-refractivity contribution in [2.45, 2.75) is 12.8 Å². The Bertz CT molecular complexity index is 1210. The number of alkyl halides is 3. The summed E-state index contributed by atoms with van der Waals surface area (Å²) < 4.78 is 50.8. The number of rotatable bonds is 8. The van der Waals surface area contributed by atoms with Crippen molar-refractivity contribution in [1.29, 1.82) is 0 Å². The Morgan fingerprint density at radius 2 is 1.54 bits per heavy atom. The number of hydrogen-bond acceptors (Lipinski definition) is 7. The molecule has 7 nitrogen and oxygen atoms in total. The molecule has 3 rings (SSSR count). The predicted octanol–water partition coefficient (Wildman–Crippen LogP) is 4.77. The molecule has 3 aromatic rings. The number of carbonyl (C=O) groups excluding carboxylic acids is 2. The molecule has 0 saturated carbocycles. The van der Waals surface area contributed by atoms with Crippen LogP contribution in [-0.2, 0) is 16.0 Å². The van der Waals surface area contributed by atoms with E-state index in [4.69, 9.17) is 20.9 Å². The first-order chi connectivity index (χ1) is 16.6. The van der Waals surface area contributed by atoms with Crippen molar-refractivity contribution < 1.29 is 37.0 Å². The van der Waals surface area contributed by atoms with Crippen LogP contribution in [-0.4, -0.2) is 24.9 Å². The normalized spacial score (nSPS) is 11.3. The molecule has 0 aromatic heterocycles.